The van der Waals surface area contributed by atoms with Gasteiger partial charge in [0.15, 0.2) is 5.78 Å². The Labute approximate surface area is 173 Å². The average Bonchev–Trinajstić information content (AvgIpc) is 3.04. The predicted octanol–water partition coefficient (Wildman–Crippen LogP) is 5.53. The van der Waals surface area contributed by atoms with E-state index in [9.17, 15) is 9.59 Å². The summed E-state index contributed by atoms with van der Waals surface area (Å²) in [6, 6.07) is 21.1. The van der Waals surface area contributed by atoms with Gasteiger partial charge in [-0.25, -0.2) is 0 Å². The third kappa shape index (κ3) is 3.32. The molecular weight excluding hydrogens is 386 g/mol. The monoisotopic (exact) mass is 403 g/mol. The first kappa shape index (κ1) is 19.0. The number of hydrogen-bond acceptors (Lipinski definition) is 3. The Morgan fingerprint density at radius 1 is 0.897 bits per heavy atom. The lowest BCUT2D eigenvalue weighted by molar-refractivity contribution is 0.0963. The first-order valence-corrected chi connectivity index (χ1v) is 9.48. The van der Waals surface area contributed by atoms with Crippen LogP contribution in [0.1, 0.15) is 32.0 Å². The fraction of sp³-hybridized carbons (Fsp3) is 0.0833. The first-order chi connectivity index (χ1) is 14.0. The minimum absolute atomic E-state index is 0.135. The normalized spacial score (nSPS) is 10.9. The van der Waals surface area contributed by atoms with E-state index in [0.29, 0.717) is 44.1 Å². The molecule has 144 valence electrons. The van der Waals surface area contributed by atoms with E-state index in [4.69, 9.17) is 16.3 Å². The summed E-state index contributed by atoms with van der Waals surface area (Å²) in [5.41, 5.74) is 2.79. The average molecular weight is 404 g/mol. The zero-order valence-electron chi connectivity index (χ0n) is 16.0. The maximum atomic E-state index is 13.3. The second-order valence-corrected chi connectivity index (χ2v) is 7.12. The highest BCUT2D eigenvalue weighted by molar-refractivity contribution is 6.30. The lowest BCUT2D eigenvalue weighted by Gasteiger charge is -2.08. The molecule has 1 aromatic heterocycles. The molecule has 0 saturated heterocycles. The topological polar surface area (TPSA) is 48.3 Å². The Kier molecular flexibility index (Phi) is 4.95. The molecule has 0 atom stereocenters. The first-order valence-electron chi connectivity index (χ1n) is 9.10. The molecule has 0 N–H and O–H groups in total. The van der Waals surface area contributed by atoms with E-state index >= 15 is 0 Å². The summed E-state index contributed by atoms with van der Waals surface area (Å²) in [6.07, 6.45) is 0. The molecule has 3 aromatic carbocycles. The van der Waals surface area contributed by atoms with Crippen molar-refractivity contribution in [3.8, 4) is 5.75 Å². The number of hydrogen-bond donors (Lipinski definition) is 0. The van der Waals surface area contributed by atoms with E-state index in [2.05, 4.69) is 0 Å². The maximum Gasteiger partial charge on any atom is 0.262 e. The summed E-state index contributed by atoms with van der Waals surface area (Å²) in [6.45, 7) is 1.79. The van der Waals surface area contributed by atoms with E-state index in [1.165, 1.54) is 0 Å². The smallest absolute Gasteiger partial charge is 0.262 e. The number of nitrogens with zero attached hydrogens (tertiary/aromatic N) is 1. The van der Waals surface area contributed by atoms with Gasteiger partial charge in [-0.05, 0) is 49.4 Å². The van der Waals surface area contributed by atoms with Crippen LogP contribution >= 0.6 is 11.6 Å². The number of aromatic nitrogens is 1. The summed E-state index contributed by atoms with van der Waals surface area (Å²) < 4.78 is 6.93. The number of carbonyl (C=O) groups excluding carboxylic acids is 2. The molecule has 5 heteroatoms. The van der Waals surface area contributed by atoms with Crippen LogP contribution in [0.3, 0.4) is 0 Å². The van der Waals surface area contributed by atoms with E-state index < -0.39 is 0 Å². The summed E-state index contributed by atoms with van der Waals surface area (Å²) in [7, 11) is 1.57. The van der Waals surface area contributed by atoms with Crippen LogP contribution in [0.4, 0.5) is 0 Å². The fourth-order valence-corrected chi connectivity index (χ4v) is 3.65. The third-order valence-electron chi connectivity index (χ3n) is 4.97. The number of rotatable bonds is 4. The van der Waals surface area contributed by atoms with Crippen molar-refractivity contribution in [3.05, 3.63) is 100 Å². The van der Waals surface area contributed by atoms with Gasteiger partial charge < -0.3 is 4.74 Å². The van der Waals surface area contributed by atoms with Gasteiger partial charge in [0.2, 0.25) is 0 Å². The molecule has 0 aliphatic rings. The Morgan fingerprint density at radius 2 is 1.59 bits per heavy atom. The van der Waals surface area contributed by atoms with Gasteiger partial charge >= 0.3 is 0 Å². The van der Waals surface area contributed by atoms with Crippen LogP contribution in [0.2, 0.25) is 5.02 Å². The molecule has 4 nitrogen and oxygen atoms in total. The molecular formula is C24H18ClNO3. The van der Waals surface area contributed by atoms with Gasteiger partial charge in [0, 0.05) is 27.2 Å². The second kappa shape index (κ2) is 7.57. The molecule has 0 amide bonds. The number of ketones is 1. The van der Waals surface area contributed by atoms with Crippen molar-refractivity contribution in [1.29, 1.82) is 0 Å². The number of benzene rings is 3. The Hall–Kier alpha value is -3.37. The van der Waals surface area contributed by atoms with Crippen molar-refractivity contribution in [2.75, 3.05) is 7.11 Å². The molecule has 0 aliphatic heterocycles. The zero-order valence-corrected chi connectivity index (χ0v) is 16.7. The van der Waals surface area contributed by atoms with E-state index in [1.807, 2.05) is 18.2 Å². The summed E-state index contributed by atoms with van der Waals surface area (Å²) in [5.74, 6) is 0.265. The molecule has 0 saturated carbocycles. The number of methoxy groups -OCH3 is 1. The zero-order chi connectivity index (χ0) is 20.5. The van der Waals surface area contributed by atoms with Crippen LogP contribution < -0.4 is 4.74 Å². The predicted molar refractivity (Wildman–Crippen MR) is 114 cm³/mol. The van der Waals surface area contributed by atoms with E-state index in [1.54, 1.807) is 73.2 Å². The van der Waals surface area contributed by atoms with Crippen molar-refractivity contribution < 1.29 is 14.3 Å². The van der Waals surface area contributed by atoms with Crippen molar-refractivity contribution in [2.45, 2.75) is 6.92 Å². The van der Waals surface area contributed by atoms with Gasteiger partial charge in [0.25, 0.3) is 5.91 Å². The quantitative estimate of drug-likeness (QED) is 0.421. The lowest BCUT2D eigenvalue weighted by atomic mass is 10.0. The van der Waals surface area contributed by atoms with Gasteiger partial charge in [-0.2, -0.15) is 0 Å². The highest BCUT2D eigenvalue weighted by atomic mass is 35.5. The fourth-order valence-electron chi connectivity index (χ4n) is 3.53. The molecule has 1 heterocycles. The summed E-state index contributed by atoms with van der Waals surface area (Å²) >= 11 is 5.96. The minimum atomic E-state index is -0.221. The molecule has 0 spiro atoms. The molecule has 4 rings (SSSR count). The number of carbonyl (C=O) groups is 2. The van der Waals surface area contributed by atoms with E-state index in [0.717, 1.165) is 0 Å². The van der Waals surface area contributed by atoms with Crippen LogP contribution in [0.5, 0.6) is 5.75 Å². The molecule has 0 aliphatic carbocycles. The van der Waals surface area contributed by atoms with Crippen LogP contribution in [0.15, 0.2) is 72.8 Å². The minimum Gasteiger partial charge on any atom is -0.497 e. The molecule has 4 aromatic rings. The van der Waals surface area contributed by atoms with Crippen LogP contribution in [-0.2, 0) is 0 Å². The summed E-state index contributed by atoms with van der Waals surface area (Å²) in [5, 5.41) is 1.23. The molecule has 0 bridgehead atoms. The third-order valence-corrected chi connectivity index (χ3v) is 5.22. The Balaban J connectivity index is 1.96. The number of ether oxygens (including phenoxy) is 1. The SMILES string of the molecule is COc1ccc2c(c1)c(C(=O)c1ccccc1)c(C)n2C(=O)c1ccc(Cl)cc1. The molecule has 0 fully saturated rings. The lowest BCUT2D eigenvalue weighted by Crippen LogP contribution is -2.14. The van der Waals surface area contributed by atoms with E-state index in [-0.39, 0.29) is 11.7 Å². The van der Waals surface area contributed by atoms with Gasteiger partial charge in [-0.15, -0.1) is 0 Å². The van der Waals surface area contributed by atoms with Gasteiger partial charge in [-0.1, -0.05) is 41.9 Å². The van der Waals surface area contributed by atoms with Crippen molar-refractivity contribution in [2.24, 2.45) is 0 Å². The van der Waals surface area contributed by atoms with Crippen molar-refractivity contribution >= 4 is 34.2 Å². The number of fused-ring (bicyclic) bond motifs is 1. The second-order valence-electron chi connectivity index (χ2n) is 6.69. The standard InChI is InChI=1S/C24H18ClNO3/c1-15-22(23(27)16-6-4-3-5-7-16)20-14-19(29-2)12-13-21(20)26(15)24(28)17-8-10-18(25)11-9-17/h3-14H,1-2H3. The van der Waals surface area contributed by atoms with Gasteiger partial charge in [0.1, 0.15) is 5.75 Å². The molecule has 29 heavy (non-hydrogen) atoms. The highest BCUT2D eigenvalue weighted by Gasteiger charge is 2.25. The van der Waals surface area contributed by atoms with Crippen LogP contribution in [-0.4, -0.2) is 23.4 Å². The highest BCUT2D eigenvalue weighted by Crippen LogP contribution is 2.32. The van der Waals surface area contributed by atoms with Crippen LogP contribution in [0, 0.1) is 6.92 Å². The molecule has 0 unspecified atom stereocenters. The van der Waals surface area contributed by atoms with Crippen molar-refractivity contribution in [3.63, 3.8) is 0 Å². The maximum absolute atomic E-state index is 13.3. The van der Waals surface area contributed by atoms with Crippen molar-refractivity contribution in [1.82, 2.24) is 4.57 Å². The summed E-state index contributed by atoms with van der Waals surface area (Å²) in [4.78, 5) is 26.6. The Morgan fingerprint density at radius 3 is 2.24 bits per heavy atom. The Bertz CT molecular complexity index is 1220. The van der Waals surface area contributed by atoms with Crippen LogP contribution in [0.25, 0.3) is 10.9 Å². The van der Waals surface area contributed by atoms with Gasteiger partial charge in [-0.3, -0.25) is 14.2 Å². The molecule has 0 radical (unpaired) electrons. The van der Waals surface area contributed by atoms with Gasteiger partial charge in [0.05, 0.1) is 18.2 Å². The number of halogens is 1. The largest absolute Gasteiger partial charge is 0.497 e.